The van der Waals surface area contributed by atoms with E-state index in [4.69, 9.17) is 26.2 Å². The van der Waals surface area contributed by atoms with Crippen LogP contribution >= 0.6 is 11.6 Å². The molecule has 0 atom stereocenters. The van der Waals surface area contributed by atoms with Crippen LogP contribution in [0.1, 0.15) is 24.0 Å². The van der Waals surface area contributed by atoms with Crippen molar-refractivity contribution >= 4 is 17.6 Å². The highest BCUT2D eigenvalue weighted by atomic mass is 35.5. The van der Waals surface area contributed by atoms with Gasteiger partial charge in [-0.15, -0.1) is 0 Å². The van der Waals surface area contributed by atoms with Gasteiger partial charge in [0.15, 0.2) is 11.5 Å². The number of nitrogens with zero attached hydrogens (tertiary/aromatic N) is 1. The number of halogens is 1. The van der Waals surface area contributed by atoms with Gasteiger partial charge in [0, 0.05) is 11.6 Å². The van der Waals surface area contributed by atoms with E-state index in [1.807, 2.05) is 42.5 Å². The lowest BCUT2D eigenvalue weighted by molar-refractivity contribution is -0.143. The van der Waals surface area contributed by atoms with E-state index in [9.17, 15) is 4.79 Å². The van der Waals surface area contributed by atoms with E-state index < -0.39 is 5.97 Å². The third kappa shape index (κ3) is 5.37. The zero-order valence-electron chi connectivity index (χ0n) is 15.4. The first-order chi connectivity index (χ1) is 13.0. The minimum atomic E-state index is -0.682. The molecule has 0 spiro atoms. The molecule has 27 heavy (non-hydrogen) atoms. The molecule has 5 nitrogen and oxygen atoms in total. The Morgan fingerprint density at radius 2 is 1.78 bits per heavy atom. The van der Waals surface area contributed by atoms with Crippen LogP contribution in [0.15, 0.2) is 42.5 Å². The number of ether oxygens (including phenoxy) is 2. The van der Waals surface area contributed by atoms with Crippen molar-refractivity contribution in [2.45, 2.75) is 26.0 Å². The van der Waals surface area contributed by atoms with Gasteiger partial charge in [-0.05, 0) is 61.3 Å². The Morgan fingerprint density at radius 3 is 2.41 bits per heavy atom. The average molecular weight is 390 g/mol. The van der Waals surface area contributed by atoms with Gasteiger partial charge < -0.3 is 14.6 Å². The molecule has 1 saturated heterocycles. The molecule has 1 aliphatic rings. The maximum absolute atomic E-state index is 11.1. The number of piperidine rings is 1. The average Bonchev–Trinajstić information content (AvgIpc) is 2.68. The zero-order chi connectivity index (χ0) is 19.2. The van der Waals surface area contributed by atoms with Crippen molar-refractivity contribution in [1.82, 2.24) is 4.90 Å². The number of hydrogen-bond donors (Lipinski definition) is 1. The molecule has 3 rings (SSSR count). The van der Waals surface area contributed by atoms with Gasteiger partial charge in [0.1, 0.15) is 6.61 Å². The quantitative estimate of drug-likeness (QED) is 0.768. The predicted molar refractivity (Wildman–Crippen MR) is 104 cm³/mol. The first kappa shape index (κ1) is 19.5. The summed E-state index contributed by atoms with van der Waals surface area (Å²) in [5.41, 5.74) is 2.16. The molecule has 0 radical (unpaired) electrons. The van der Waals surface area contributed by atoms with Crippen molar-refractivity contribution in [1.29, 1.82) is 0 Å². The van der Waals surface area contributed by atoms with Crippen LogP contribution in [0, 0.1) is 5.92 Å². The van der Waals surface area contributed by atoms with Crippen LogP contribution < -0.4 is 9.47 Å². The lowest BCUT2D eigenvalue weighted by atomic mass is 9.97. The fourth-order valence-corrected chi connectivity index (χ4v) is 3.39. The van der Waals surface area contributed by atoms with Gasteiger partial charge in [-0.2, -0.15) is 0 Å². The van der Waals surface area contributed by atoms with E-state index in [-0.39, 0.29) is 5.92 Å². The lowest BCUT2D eigenvalue weighted by Crippen LogP contribution is -2.35. The molecule has 144 valence electrons. The van der Waals surface area contributed by atoms with Crippen molar-refractivity contribution in [2.24, 2.45) is 5.92 Å². The SMILES string of the molecule is COc1cc(CN2CCC(C(=O)O)CC2)ccc1OCc1ccc(Cl)cc1. The van der Waals surface area contributed by atoms with Crippen LogP contribution in [0.4, 0.5) is 0 Å². The molecule has 0 saturated carbocycles. The van der Waals surface area contributed by atoms with Crippen molar-refractivity contribution in [3.8, 4) is 11.5 Å². The molecule has 6 heteroatoms. The summed E-state index contributed by atoms with van der Waals surface area (Å²) in [7, 11) is 1.63. The Morgan fingerprint density at radius 1 is 1.11 bits per heavy atom. The van der Waals surface area contributed by atoms with Gasteiger partial charge in [-0.1, -0.05) is 29.8 Å². The summed E-state index contributed by atoms with van der Waals surface area (Å²) in [4.78, 5) is 13.3. The number of carboxylic acids is 1. The first-order valence-electron chi connectivity index (χ1n) is 9.04. The number of aliphatic carboxylic acids is 1. The molecule has 2 aromatic rings. The highest BCUT2D eigenvalue weighted by Gasteiger charge is 2.24. The van der Waals surface area contributed by atoms with Crippen LogP contribution in [-0.4, -0.2) is 36.2 Å². The van der Waals surface area contributed by atoms with Gasteiger partial charge in [0.25, 0.3) is 0 Å². The molecule has 2 aromatic carbocycles. The minimum Gasteiger partial charge on any atom is -0.493 e. The minimum absolute atomic E-state index is 0.209. The molecule has 1 aliphatic heterocycles. The highest BCUT2D eigenvalue weighted by Crippen LogP contribution is 2.30. The Labute approximate surface area is 164 Å². The molecular formula is C21H24ClNO4. The molecule has 0 amide bonds. The van der Waals surface area contributed by atoms with E-state index in [2.05, 4.69) is 4.90 Å². The molecule has 1 heterocycles. The van der Waals surface area contributed by atoms with Crippen molar-refractivity contribution < 1.29 is 19.4 Å². The van der Waals surface area contributed by atoms with Crippen molar-refractivity contribution in [3.05, 3.63) is 58.6 Å². The van der Waals surface area contributed by atoms with Crippen LogP contribution in [0.25, 0.3) is 0 Å². The molecule has 0 bridgehead atoms. The second kappa shape index (κ2) is 9.11. The van der Waals surface area contributed by atoms with Crippen molar-refractivity contribution in [2.75, 3.05) is 20.2 Å². The van der Waals surface area contributed by atoms with Gasteiger partial charge in [-0.25, -0.2) is 0 Å². The first-order valence-corrected chi connectivity index (χ1v) is 9.42. The normalized spacial score (nSPS) is 15.5. The Bertz CT molecular complexity index is 770. The summed E-state index contributed by atoms with van der Waals surface area (Å²) in [5, 5.41) is 9.81. The number of carbonyl (C=O) groups is 1. The fraction of sp³-hybridized carbons (Fsp3) is 0.381. The third-order valence-electron chi connectivity index (χ3n) is 4.88. The number of benzene rings is 2. The third-order valence-corrected chi connectivity index (χ3v) is 5.13. The molecular weight excluding hydrogens is 366 g/mol. The summed E-state index contributed by atoms with van der Waals surface area (Å²) < 4.78 is 11.4. The van der Waals surface area contributed by atoms with E-state index in [1.165, 1.54) is 0 Å². The summed E-state index contributed by atoms with van der Waals surface area (Å²) in [5.74, 6) is 0.501. The van der Waals surface area contributed by atoms with E-state index >= 15 is 0 Å². The summed E-state index contributed by atoms with van der Waals surface area (Å²) in [6.07, 6.45) is 1.41. The van der Waals surface area contributed by atoms with E-state index in [0.29, 0.717) is 36.0 Å². The smallest absolute Gasteiger partial charge is 0.306 e. The number of carboxylic acid groups (broad SMARTS) is 1. The number of likely N-dealkylation sites (tertiary alicyclic amines) is 1. The van der Waals surface area contributed by atoms with Crippen molar-refractivity contribution in [3.63, 3.8) is 0 Å². The summed E-state index contributed by atoms with van der Waals surface area (Å²) in [6, 6.07) is 13.5. The Kier molecular flexibility index (Phi) is 6.58. The van der Waals surface area contributed by atoms with Gasteiger partial charge in [-0.3, -0.25) is 9.69 Å². The number of hydrogen-bond acceptors (Lipinski definition) is 4. The van der Waals surface area contributed by atoms with E-state index in [0.717, 1.165) is 30.8 Å². The summed E-state index contributed by atoms with van der Waals surface area (Å²) in [6.45, 7) is 2.82. The second-order valence-corrected chi connectivity index (χ2v) is 7.23. The topological polar surface area (TPSA) is 59.0 Å². The molecule has 0 aromatic heterocycles. The monoisotopic (exact) mass is 389 g/mol. The molecule has 1 N–H and O–H groups in total. The van der Waals surface area contributed by atoms with Gasteiger partial charge in [0.05, 0.1) is 13.0 Å². The predicted octanol–water partition coefficient (Wildman–Crippen LogP) is 4.22. The lowest BCUT2D eigenvalue weighted by Gasteiger charge is -2.30. The second-order valence-electron chi connectivity index (χ2n) is 6.79. The maximum atomic E-state index is 11.1. The molecule has 0 aliphatic carbocycles. The largest absolute Gasteiger partial charge is 0.493 e. The maximum Gasteiger partial charge on any atom is 0.306 e. The number of methoxy groups -OCH3 is 1. The van der Waals surface area contributed by atoms with E-state index in [1.54, 1.807) is 7.11 Å². The molecule has 1 fully saturated rings. The van der Waals surface area contributed by atoms with Crippen LogP contribution in [-0.2, 0) is 17.9 Å². The van der Waals surface area contributed by atoms with Gasteiger partial charge >= 0.3 is 5.97 Å². The fourth-order valence-electron chi connectivity index (χ4n) is 3.27. The van der Waals surface area contributed by atoms with Crippen LogP contribution in [0.2, 0.25) is 5.02 Å². The standard InChI is InChI=1S/C21H24ClNO4/c1-26-20-12-16(13-23-10-8-17(9-11-23)21(24)25)4-7-19(20)27-14-15-2-5-18(22)6-3-15/h2-7,12,17H,8-11,13-14H2,1H3,(H,24,25). The Hall–Kier alpha value is -2.24. The van der Waals surface area contributed by atoms with Crippen LogP contribution in [0.3, 0.4) is 0 Å². The van der Waals surface area contributed by atoms with Crippen LogP contribution in [0.5, 0.6) is 11.5 Å². The van der Waals surface area contributed by atoms with Gasteiger partial charge in [0.2, 0.25) is 0 Å². The number of rotatable bonds is 7. The Balaban J connectivity index is 1.59. The highest BCUT2D eigenvalue weighted by molar-refractivity contribution is 6.30. The molecule has 0 unspecified atom stereocenters. The zero-order valence-corrected chi connectivity index (χ0v) is 16.1. The summed E-state index contributed by atoms with van der Waals surface area (Å²) >= 11 is 5.90.